The van der Waals surface area contributed by atoms with Crippen LogP contribution in [-0.2, 0) is 9.59 Å². The monoisotopic (exact) mass is 648 g/mol. The third-order valence-electron chi connectivity index (χ3n) is 9.69. The van der Waals surface area contributed by atoms with Crippen molar-refractivity contribution in [3.63, 3.8) is 0 Å². The first kappa shape index (κ1) is 36.9. The van der Waals surface area contributed by atoms with Crippen molar-refractivity contribution >= 4 is 17.1 Å². The molecule has 0 bridgehead atoms. The topological polar surface area (TPSA) is 63.6 Å². The minimum Gasteiger partial charge on any atom is -0.508 e. The zero-order chi connectivity index (χ0) is 35.3. The average Bonchev–Trinajstić information content (AvgIpc) is 2.98. The van der Waals surface area contributed by atoms with Crippen LogP contribution in [0.1, 0.15) is 136 Å². The fourth-order valence-corrected chi connectivity index (χ4v) is 7.05. The van der Waals surface area contributed by atoms with Gasteiger partial charge in [-0.15, -0.1) is 0 Å². The van der Waals surface area contributed by atoms with Gasteiger partial charge in [0, 0.05) is 33.8 Å². The Hall–Kier alpha value is -3.92. The van der Waals surface area contributed by atoms with E-state index in [2.05, 4.69) is 85.8 Å². The third-order valence-corrected chi connectivity index (χ3v) is 9.69. The van der Waals surface area contributed by atoms with Crippen LogP contribution in [0.25, 0.3) is 5.57 Å². The van der Waals surface area contributed by atoms with Crippen molar-refractivity contribution in [1.29, 1.82) is 0 Å². The molecule has 2 aliphatic carbocycles. The number of ether oxygens (including phenoxy) is 1. The number of phenols is 1. The standard InChI is InChI=1S/C44H56O4/c1-27(2)15-11-17-29(5)19-13-20-31(7)23-34-38-37(46)25-33(9)43-41(38)35(39-36(45)24-32(8)42(47)40(34)39)26-44(10,48-43)22-14-21-30(6)18-12-16-28(3)4/h15-16,19,21,23-26,34,46H,11-14,17-18,20,22H2,1-10H3/b29-19+,30-21+,31-23+/t34?,44-/m1/s1. The Morgan fingerprint density at radius 1 is 0.833 bits per heavy atom. The van der Waals surface area contributed by atoms with Crippen LogP contribution < -0.4 is 4.74 Å². The highest BCUT2D eigenvalue weighted by molar-refractivity contribution is 6.30. The number of allylic oxidation sites excluding steroid dienone is 15. The van der Waals surface area contributed by atoms with Gasteiger partial charge in [0.2, 0.25) is 0 Å². The number of fused-ring (bicyclic) bond motifs is 1. The van der Waals surface area contributed by atoms with Crippen molar-refractivity contribution < 1.29 is 19.4 Å². The number of hydrogen-bond acceptors (Lipinski definition) is 4. The van der Waals surface area contributed by atoms with Gasteiger partial charge < -0.3 is 9.84 Å². The van der Waals surface area contributed by atoms with Crippen LogP contribution in [0.15, 0.2) is 93.2 Å². The summed E-state index contributed by atoms with van der Waals surface area (Å²) in [6.07, 6.45) is 22.1. The van der Waals surface area contributed by atoms with Crippen molar-refractivity contribution in [3.05, 3.63) is 110 Å². The SMILES string of the molecule is CC(C)=CCC/C(C)=C/CC/C(C)=C/C1C2=C(C(=O)C=C(C)C2=O)C2=C[C@@](C)(CC/C=C(\C)CCC=C(C)C)Oc3c(C)cc(O)c1c32. The van der Waals surface area contributed by atoms with E-state index in [1.807, 2.05) is 13.0 Å². The Labute approximate surface area is 289 Å². The predicted molar refractivity (Wildman–Crippen MR) is 200 cm³/mol. The number of phenolic OH excluding ortho intramolecular Hbond substituents is 1. The lowest BCUT2D eigenvalue weighted by Crippen LogP contribution is -2.37. The van der Waals surface area contributed by atoms with E-state index in [-0.39, 0.29) is 17.3 Å². The van der Waals surface area contributed by atoms with Crippen molar-refractivity contribution in [2.45, 2.75) is 132 Å². The van der Waals surface area contributed by atoms with Gasteiger partial charge in [0.25, 0.3) is 0 Å². The van der Waals surface area contributed by atoms with E-state index in [0.717, 1.165) is 68.1 Å². The number of ketones is 2. The van der Waals surface area contributed by atoms with Gasteiger partial charge in [-0.2, -0.15) is 0 Å². The maximum absolute atomic E-state index is 14.0. The first-order valence-electron chi connectivity index (χ1n) is 17.7. The summed E-state index contributed by atoms with van der Waals surface area (Å²) in [5.41, 5.74) is 10.1. The van der Waals surface area contributed by atoms with E-state index in [1.54, 1.807) is 13.0 Å². The Balaban J connectivity index is 1.73. The fourth-order valence-electron chi connectivity index (χ4n) is 7.05. The smallest absolute Gasteiger partial charge is 0.187 e. The summed E-state index contributed by atoms with van der Waals surface area (Å²) in [5, 5.41) is 11.5. The molecule has 4 heteroatoms. The molecule has 0 radical (unpaired) electrons. The first-order chi connectivity index (χ1) is 22.6. The summed E-state index contributed by atoms with van der Waals surface area (Å²) >= 11 is 0. The molecule has 0 amide bonds. The van der Waals surface area contributed by atoms with Gasteiger partial charge in [-0.05, 0) is 150 Å². The summed E-state index contributed by atoms with van der Waals surface area (Å²) in [6.45, 7) is 20.7. The van der Waals surface area contributed by atoms with E-state index in [1.165, 1.54) is 28.4 Å². The van der Waals surface area contributed by atoms with Gasteiger partial charge in [-0.25, -0.2) is 0 Å². The van der Waals surface area contributed by atoms with Gasteiger partial charge in [-0.1, -0.05) is 58.2 Å². The molecule has 1 aromatic carbocycles. The molecule has 256 valence electrons. The van der Waals surface area contributed by atoms with Gasteiger partial charge in [0.05, 0.1) is 0 Å². The fraction of sp³-hybridized carbons (Fsp3) is 0.455. The Morgan fingerprint density at radius 2 is 1.40 bits per heavy atom. The van der Waals surface area contributed by atoms with Crippen LogP contribution >= 0.6 is 0 Å². The summed E-state index contributed by atoms with van der Waals surface area (Å²) in [5.74, 6) is -0.0202. The maximum Gasteiger partial charge on any atom is 0.187 e. The second kappa shape index (κ2) is 15.5. The third kappa shape index (κ3) is 8.56. The first-order valence-corrected chi connectivity index (χ1v) is 17.7. The van der Waals surface area contributed by atoms with E-state index in [0.29, 0.717) is 33.6 Å². The molecule has 48 heavy (non-hydrogen) atoms. The molecule has 0 fully saturated rings. The summed E-state index contributed by atoms with van der Waals surface area (Å²) in [4.78, 5) is 27.8. The predicted octanol–water partition coefficient (Wildman–Crippen LogP) is 11.6. The highest BCUT2D eigenvalue weighted by atomic mass is 16.5. The molecular weight excluding hydrogens is 592 g/mol. The van der Waals surface area contributed by atoms with Crippen LogP contribution in [-0.4, -0.2) is 22.3 Å². The lowest BCUT2D eigenvalue weighted by molar-refractivity contribution is -0.115. The minimum atomic E-state index is -0.690. The van der Waals surface area contributed by atoms with E-state index >= 15 is 0 Å². The van der Waals surface area contributed by atoms with Crippen LogP contribution in [0.4, 0.5) is 0 Å². The van der Waals surface area contributed by atoms with Crippen LogP contribution in [0.5, 0.6) is 11.5 Å². The van der Waals surface area contributed by atoms with Crippen molar-refractivity contribution in [3.8, 4) is 11.5 Å². The summed E-state index contributed by atoms with van der Waals surface area (Å²) < 4.78 is 6.81. The molecule has 2 atom stereocenters. The molecule has 1 unspecified atom stereocenters. The van der Waals surface area contributed by atoms with Gasteiger partial charge in [-0.3, -0.25) is 9.59 Å². The molecular formula is C44H56O4. The maximum atomic E-state index is 14.0. The number of hydrogen-bond donors (Lipinski definition) is 1. The van der Waals surface area contributed by atoms with Crippen molar-refractivity contribution in [1.82, 2.24) is 0 Å². The minimum absolute atomic E-state index is 0.127. The van der Waals surface area contributed by atoms with E-state index in [9.17, 15) is 14.7 Å². The van der Waals surface area contributed by atoms with Gasteiger partial charge >= 0.3 is 0 Å². The molecule has 4 rings (SSSR count). The zero-order valence-corrected chi connectivity index (χ0v) is 31.0. The number of carbonyl (C=O) groups excluding carboxylic acids is 2. The van der Waals surface area contributed by atoms with Crippen molar-refractivity contribution in [2.75, 3.05) is 0 Å². The van der Waals surface area contributed by atoms with Crippen LogP contribution in [0.2, 0.25) is 0 Å². The highest BCUT2D eigenvalue weighted by Gasteiger charge is 2.45. The molecule has 1 heterocycles. The average molecular weight is 649 g/mol. The zero-order valence-electron chi connectivity index (χ0n) is 31.0. The number of carbonyl (C=O) groups is 2. The van der Waals surface area contributed by atoms with Gasteiger partial charge in [0.15, 0.2) is 11.6 Å². The number of aryl methyl sites for hydroxylation is 1. The Kier molecular flexibility index (Phi) is 11.9. The van der Waals surface area contributed by atoms with Crippen LogP contribution in [0.3, 0.4) is 0 Å². The largest absolute Gasteiger partial charge is 0.508 e. The van der Waals surface area contributed by atoms with E-state index < -0.39 is 11.5 Å². The molecule has 0 spiro atoms. The van der Waals surface area contributed by atoms with Crippen molar-refractivity contribution in [2.24, 2.45) is 0 Å². The molecule has 4 nitrogen and oxygen atoms in total. The van der Waals surface area contributed by atoms with Crippen LogP contribution in [0, 0.1) is 6.92 Å². The normalized spacial score (nSPS) is 20.9. The summed E-state index contributed by atoms with van der Waals surface area (Å²) in [7, 11) is 0. The second-order valence-electron chi connectivity index (χ2n) is 14.9. The number of benzene rings is 1. The Morgan fingerprint density at radius 3 is 2.00 bits per heavy atom. The Bertz CT molecular complexity index is 1720. The molecule has 0 aromatic heterocycles. The molecule has 1 aliphatic heterocycles. The quantitative estimate of drug-likeness (QED) is 0.171. The molecule has 0 saturated heterocycles. The summed E-state index contributed by atoms with van der Waals surface area (Å²) in [6, 6.07) is 1.75. The van der Waals surface area contributed by atoms with E-state index in [4.69, 9.17) is 4.74 Å². The number of rotatable bonds is 13. The lowest BCUT2D eigenvalue weighted by atomic mass is 9.67. The molecule has 3 aliphatic rings. The second-order valence-corrected chi connectivity index (χ2v) is 14.9. The number of aromatic hydroxyl groups is 1. The lowest BCUT2D eigenvalue weighted by Gasteiger charge is -2.41. The highest BCUT2D eigenvalue weighted by Crippen LogP contribution is 2.56. The molecule has 0 saturated carbocycles. The molecule has 1 aromatic rings. The van der Waals surface area contributed by atoms with Gasteiger partial charge in [0.1, 0.15) is 17.1 Å². The number of Topliss-reactive ketones (excluding diaryl/α,β-unsaturated/α-hetero) is 1. The molecule has 1 N–H and O–H groups in total.